The van der Waals surface area contributed by atoms with Crippen LogP contribution >= 0.6 is 0 Å². The molecule has 1 amide bonds. The summed E-state index contributed by atoms with van der Waals surface area (Å²) in [4.78, 5) is 24.9. The topological polar surface area (TPSA) is 62.0 Å². The number of carbonyl (C=O) groups excluding carboxylic acids is 1. The maximum Gasteiger partial charge on any atom is 0.253 e. The molecule has 0 radical (unpaired) electrons. The highest BCUT2D eigenvalue weighted by Gasteiger charge is 2.02. The van der Waals surface area contributed by atoms with Gasteiger partial charge >= 0.3 is 0 Å². The van der Waals surface area contributed by atoms with Gasteiger partial charge in [-0.1, -0.05) is 24.0 Å². The summed E-state index contributed by atoms with van der Waals surface area (Å²) in [7, 11) is 0. The Bertz CT molecular complexity index is 721. The highest BCUT2D eigenvalue weighted by atomic mass is 19.1. The average Bonchev–Trinajstić information content (AvgIpc) is 2.46. The van der Waals surface area contributed by atoms with Crippen LogP contribution in [0.1, 0.15) is 15.9 Å². The zero-order valence-electron chi connectivity index (χ0n) is 10.4. The minimum absolute atomic E-state index is 0.0896. The van der Waals surface area contributed by atoms with E-state index in [1.54, 1.807) is 18.2 Å². The summed E-state index contributed by atoms with van der Waals surface area (Å²) < 4.78 is 13.3. The molecule has 0 atom stereocenters. The Balaban J connectivity index is 1.94. The van der Waals surface area contributed by atoms with Gasteiger partial charge in [-0.3, -0.25) is 9.59 Å². The summed E-state index contributed by atoms with van der Waals surface area (Å²) in [6.07, 6.45) is 1.32. The van der Waals surface area contributed by atoms with E-state index in [1.807, 2.05) is 0 Å². The highest BCUT2D eigenvalue weighted by molar-refractivity contribution is 5.93. The summed E-state index contributed by atoms with van der Waals surface area (Å²) in [6, 6.07) is 8.83. The number of aromatic amines is 1. The number of rotatable bonds is 2. The standard InChI is InChI=1S/C15H11FN2O2/c16-13-6-2-1-4-11(13)5-3-9-17-15(20)12-7-8-14(19)18-10-12/h1-2,4,6-8,10H,9H2,(H,17,20)(H,18,19). The summed E-state index contributed by atoms with van der Waals surface area (Å²) in [6.45, 7) is 0.0896. The lowest BCUT2D eigenvalue weighted by molar-refractivity contribution is 0.0958. The van der Waals surface area contributed by atoms with E-state index in [2.05, 4.69) is 22.1 Å². The Labute approximate surface area is 114 Å². The number of hydrogen-bond donors (Lipinski definition) is 2. The van der Waals surface area contributed by atoms with Crippen molar-refractivity contribution in [2.24, 2.45) is 0 Å². The van der Waals surface area contributed by atoms with E-state index >= 15 is 0 Å². The van der Waals surface area contributed by atoms with Crippen LogP contribution in [-0.4, -0.2) is 17.4 Å². The number of halogens is 1. The number of carbonyl (C=O) groups is 1. The van der Waals surface area contributed by atoms with E-state index in [0.29, 0.717) is 5.56 Å². The molecule has 0 aliphatic heterocycles. The lowest BCUT2D eigenvalue weighted by atomic mass is 10.2. The first-order valence-electron chi connectivity index (χ1n) is 5.87. The first kappa shape index (κ1) is 13.6. The number of H-pyrrole nitrogens is 1. The lowest BCUT2D eigenvalue weighted by Gasteiger charge is -1.99. The molecule has 2 aromatic rings. The second-order valence-electron chi connectivity index (χ2n) is 3.91. The van der Waals surface area contributed by atoms with E-state index < -0.39 is 5.82 Å². The molecule has 0 spiro atoms. The van der Waals surface area contributed by atoms with Gasteiger partial charge in [-0.25, -0.2) is 4.39 Å². The van der Waals surface area contributed by atoms with Crippen molar-refractivity contribution in [2.45, 2.75) is 0 Å². The minimum atomic E-state index is -0.396. The Morgan fingerprint density at radius 2 is 2.05 bits per heavy atom. The van der Waals surface area contributed by atoms with Crippen LogP contribution in [0.5, 0.6) is 0 Å². The Morgan fingerprint density at radius 1 is 1.25 bits per heavy atom. The van der Waals surface area contributed by atoms with Crippen molar-refractivity contribution < 1.29 is 9.18 Å². The molecule has 0 saturated heterocycles. The largest absolute Gasteiger partial charge is 0.341 e. The predicted octanol–water partition coefficient (Wildman–Crippen LogP) is 1.30. The van der Waals surface area contributed by atoms with E-state index in [1.165, 1.54) is 24.4 Å². The van der Waals surface area contributed by atoms with E-state index in [9.17, 15) is 14.0 Å². The average molecular weight is 270 g/mol. The molecule has 0 fully saturated rings. The third-order valence-electron chi connectivity index (χ3n) is 2.48. The van der Waals surface area contributed by atoms with E-state index in [4.69, 9.17) is 0 Å². The first-order chi connectivity index (χ1) is 9.66. The SMILES string of the molecule is O=C(NCC#Cc1ccccc1F)c1ccc(=O)[nH]c1. The molecule has 1 aromatic heterocycles. The Morgan fingerprint density at radius 3 is 2.75 bits per heavy atom. The maximum atomic E-state index is 13.3. The third kappa shape index (κ3) is 3.56. The molecular weight excluding hydrogens is 259 g/mol. The van der Waals surface area contributed by atoms with Crippen LogP contribution in [0.3, 0.4) is 0 Å². The van der Waals surface area contributed by atoms with E-state index in [-0.39, 0.29) is 23.6 Å². The van der Waals surface area contributed by atoms with Crippen LogP contribution < -0.4 is 10.9 Å². The van der Waals surface area contributed by atoms with Crippen molar-refractivity contribution >= 4 is 5.91 Å². The normalized spacial score (nSPS) is 9.45. The van der Waals surface area contributed by atoms with Gasteiger partial charge in [-0.2, -0.15) is 0 Å². The molecule has 0 unspecified atom stereocenters. The molecule has 20 heavy (non-hydrogen) atoms. The second kappa shape index (κ2) is 6.34. The fourth-order valence-corrected chi connectivity index (χ4v) is 1.48. The van der Waals surface area contributed by atoms with Crippen molar-refractivity contribution in [3.05, 3.63) is 69.9 Å². The van der Waals surface area contributed by atoms with Crippen molar-refractivity contribution in [2.75, 3.05) is 6.54 Å². The van der Waals surface area contributed by atoms with Gasteiger partial charge in [0.15, 0.2) is 0 Å². The van der Waals surface area contributed by atoms with Gasteiger partial charge in [-0.15, -0.1) is 0 Å². The Kier molecular flexibility index (Phi) is 4.30. The molecule has 100 valence electrons. The van der Waals surface area contributed by atoms with Crippen LogP contribution in [0.4, 0.5) is 4.39 Å². The molecule has 1 aromatic carbocycles. The molecule has 5 heteroatoms. The van der Waals surface area contributed by atoms with Gasteiger partial charge in [0.1, 0.15) is 5.82 Å². The number of benzene rings is 1. The zero-order valence-corrected chi connectivity index (χ0v) is 10.4. The molecule has 0 aliphatic carbocycles. The lowest BCUT2D eigenvalue weighted by Crippen LogP contribution is -2.24. The quantitative estimate of drug-likeness (QED) is 0.808. The second-order valence-corrected chi connectivity index (χ2v) is 3.91. The minimum Gasteiger partial charge on any atom is -0.341 e. The van der Waals surface area contributed by atoms with Crippen molar-refractivity contribution in [1.29, 1.82) is 0 Å². The van der Waals surface area contributed by atoms with Gasteiger partial charge in [0.25, 0.3) is 5.91 Å². The van der Waals surface area contributed by atoms with Crippen molar-refractivity contribution in [1.82, 2.24) is 10.3 Å². The predicted molar refractivity (Wildman–Crippen MR) is 72.7 cm³/mol. The van der Waals surface area contributed by atoms with Crippen LogP contribution in [0.15, 0.2) is 47.4 Å². The van der Waals surface area contributed by atoms with Crippen molar-refractivity contribution in [3.8, 4) is 11.8 Å². The van der Waals surface area contributed by atoms with Crippen LogP contribution in [0.2, 0.25) is 0 Å². The Hall–Kier alpha value is -2.87. The summed E-state index contributed by atoms with van der Waals surface area (Å²) >= 11 is 0. The third-order valence-corrected chi connectivity index (χ3v) is 2.48. The smallest absolute Gasteiger partial charge is 0.253 e. The molecule has 2 rings (SSSR count). The van der Waals surface area contributed by atoms with Gasteiger partial charge in [0.2, 0.25) is 5.56 Å². The van der Waals surface area contributed by atoms with E-state index in [0.717, 1.165) is 0 Å². The van der Waals surface area contributed by atoms with Gasteiger partial charge in [0, 0.05) is 12.3 Å². The number of hydrogen-bond acceptors (Lipinski definition) is 2. The number of aromatic nitrogens is 1. The molecule has 1 heterocycles. The number of nitrogens with one attached hydrogen (secondary N) is 2. The number of amides is 1. The molecule has 4 nitrogen and oxygen atoms in total. The molecule has 2 N–H and O–H groups in total. The van der Waals surface area contributed by atoms with Gasteiger partial charge in [0.05, 0.1) is 17.7 Å². The fraction of sp³-hybridized carbons (Fsp3) is 0.0667. The maximum absolute atomic E-state index is 13.3. The number of pyridine rings is 1. The monoisotopic (exact) mass is 270 g/mol. The van der Waals surface area contributed by atoms with Crippen LogP contribution in [0.25, 0.3) is 0 Å². The molecule has 0 aliphatic rings. The van der Waals surface area contributed by atoms with Crippen molar-refractivity contribution in [3.63, 3.8) is 0 Å². The fourth-order valence-electron chi connectivity index (χ4n) is 1.48. The highest BCUT2D eigenvalue weighted by Crippen LogP contribution is 2.03. The molecule has 0 bridgehead atoms. The van der Waals surface area contributed by atoms with Gasteiger partial charge < -0.3 is 10.3 Å². The van der Waals surface area contributed by atoms with Crippen LogP contribution in [-0.2, 0) is 0 Å². The zero-order chi connectivity index (χ0) is 14.4. The first-order valence-corrected chi connectivity index (χ1v) is 5.87. The molecular formula is C15H11FN2O2. The molecule has 0 saturated carbocycles. The van der Waals surface area contributed by atoms with Crippen LogP contribution in [0, 0.1) is 17.7 Å². The summed E-state index contributed by atoms with van der Waals surface area (Å²) in [5.74, 6) is 4.54. The van der Waals surface area contributed by atoms with Gasteiger partial charge in [-0.05, 0) is 18.2 Å². The summed E-state index contributed by atoms with van der Waals surface area (Å²) in [5, 5.41) is 2.55. The summed E-state index contributed by atoms with van der Waals surface area (Å²) in [5.41, 5.74) is 0.337.